The van der Waals surface area contributed by atoms with Crippen LogP contribution >= 0.6 is 0 Å². The van der Waals surface area contributed by atoms with E-state index in [-0.39, 0.29) is 0 Å². The molecule has 0 heterocycles. The molecule has 0 radical (unpaired) electrons. The molecule has 90 valence electrons. The molecule has 0 saturated heterocycles. The Morgan fingerprint density at radius 1 is 1.33 bits per heavy atom. The van der Waals surface area contributed by atoms with Crippen LogP contribution in [-0.4, -0.2) is 23.3 Å². The fourth-order valence-electron chi connectivity index (χ4n) is 2.68. The van der Waals surface area contributed by atoms with Crippen molar-refractivity contribution in [3.63, 3.8) is 0 Å². The zero-order chi connectivity index (χ0) is 11.5. The van der Waals surface area contributed by atoms with Gasteiger partial charge in [-0.25, -0.2) is 0 Å². The van der Waals surface area contributed by atoms with Crippen LogP contribution in [-0.2, 0) is 0 Å². The summed E-state index contributed by atoms with van der Waals surface area (Å²) in [5.41, 5.74) is -0.529. The Hall–Kier alpha value is -0.0800. The molecule has 0 aromatic rings. The highest BCUT2D eigenvalue weighted by molar-refractivity contribution is 4.86. The van der Waals surface area contributed by atoms with Gasteiger partial charge in [-0.15, -0.1) is 0 Å². The third-order valence-corrected chi connectivity index (χ3v) is 3.89. The minimum atomic E-state index is -0.529. The highest BCUT2D eigenvalue weighted by Gasteiger charge is 2.31. The molecule has 1 fully saturated rings. The summed E-state index contributed by atoms with van der Waals surface area (Å²) in [6.45, 7) is 9.35. The SMILES string of the molecule is CCC1CCC(NCCC(C)(C)O)C1C. The summed E-state index contributed by atoms with van der Waals surface area (Å²) in [6, 6.07) is 0.678. The number of nitrogens with one attached hydrogen (secondary N) is 1. The Morgan fingerprint density at radius 3 is 2.47 bits per heavy atom. The third kappa shape index (κ3) is 4.12. The van der Waals surface area contributed by atoms with Crippen LogP contribution in [0.5, 0.6) is 0 Å². The fourth-order valence-corrected chi connectivity index (χ4v) is 2.68. The lowest BCUT2D eigenvalue weighted by atomic mass is 9.93. The van der Waals surface area contributed by atoms with Gasteiger partial charge in [-0.05, 0) is 51.5 Å². The van der Waals surface area contributed by atoms with E-state index >= 15 is 0 Å². The van der Waals surface area contributed by atoms with Crippen molar-refractivity contribution in [2.45, 2.75) is 65.0 Å². The molecule has 0 aromatic carbocycles. The lowest BCUT2D eigenvalue weighted by Gasteiger charge is -2.23. The molecule has 1 saturated carbocycles. The Kier molecular flexibility index (Phi) is 4.60. The quantitative estimate of drug-likeness (QED) is 0.735. The van der Waals surface area contributed by atoms with Crippen molar-refractivity contribution in [1.29, 1.82) is 0 Å². The molecule has 1 aliphatic carbocycles. The van der Waals surface area contributed by atoms with Gasteiger partial charge in [0.25, 0.3) is 0 Å². The third-order valence-electron chi connectivity index (χ3n) is 3.89. The van der Waals surface area contributed by atoms with Crippen LogP contribution in [0.25, 0.3) is 0 Å². The minimum Gasteiger partial charge on any atom is -0.390 e. The molecule has 2 heteroatoms. The first kappa shape index (κ1) is 13.0. The van der Waals surface area contributed by atoms with Gasteiger partial charge in [0.1, 0.15) is 0 Å². The maximum absolute atomic E-state index is 9.62. The van der Waals surface area contributed by atoms with Crippen molar-refractivity contribution in [2.24, 2.45) is 11.8 Å². The second kappa shape index (κ2) is 5.31. The van der Waals surface area contributed by atoms with Gasteiger partial charge in [-0.2, -0.15) is 0 Å². The van der Waals surface area contributed by atoms with Crippen molar-refractivity contribution >= 4 is 0 Å². The Labute approximate surface area is 94.5 Å². The monoisotopic (exact) mass is 213 g/mol. The van der Waals surface area contributed by atoms with E-state index in [9.17, 15) is 5.11 Å². The highest BCUT2D eigenvalue weighted by Crippen LogP contribution is 2.33. The standard InChI is InChI=1S/C13H27NO/c1-5-11-6-7-12(10(11)2)14-9-8-13(3,4)15/h10-12,14-15H,5-9H2,1-4H3. The van der Waals surface area contributed by atoms with E-state index in [1.807, 2.05) is 13.8 Å². The molecule has 0 amide bonds. The van der Waals surface area contributed by atoms with Crippen LogP contribution in [0.15, 0.2) is 0 Å². The summed E-state index contributed by atoms with van der Waals surface area (Å²) >= 11 is 0. The zero-order valence-corrected chi connectivity index (χ0v) is 10.7. The second-order valence-corrected chi connectivity index (χ2v) is 5.73. The van der Waals surface area contributed by atoms with Gasteiger partial charge >= 0.3 is 0 Å². The molecule has 3 unspecified atom stereocenters. The van der Waals surface area contributed by atoms with Crippen LogP contribution in [0, 0.1) is 11.8 Å². The van der Waals surface area contributed by atoms with Gasteiger partial charge in [-0.3, -0.25) is 0 Å². The van der Waals surface area contributed by atoms with Crippen molar-refractivity contribution in [1.82, 2.24) is 5.32 Å². The van der Waals surface area contributed by atoms with E-state index in [1.165, 1.54) is 19.3 Å². The number of aliphatic hydroxyl groups is 1. The zero-order valence-electron chi connectivity index (χ0n) is 10.7. The molecule has 2 N–H and O–H groups in total. The van der Waals surface area contributed by atoms with Crippen LogP contribution in [0.3, 0.4) is 0 Å². The van der Waals surface area contributed by atoms with E-state index < -0.39 is 5.60 Å². The first-order valence-corrected chi connectivity index (χ1v) is 6.40. The highest BCUT2D eigenvalue weighted by atomic mass is 16.3. The first-order valence-electron chi connectivity index (χ1n) is 6.40. The van der Waals surface area contributed by atoms with E-state index in [1.54, 1.807) is 0 Å². The molecule has 3 atom stereocenters. The average Bonchev–Trinajstić information content (AvgIpc) is 2.46. The molecular formula is C13H27NO. The maximum atomic E-state index is 9.62. The first-order chi connectivity index (χ1) is 6.94. The van der Waals surface area contributed by atoms with Crippen molar-refractivity contribution in [3.8, 4) is 0 Å². The molecular weight excluding hydrogens is 186 g/mol. The normalized spacial score (nSPS) is 32.2. The molecule has 15 heavy (non-hydrogen) atoms. The average molecular weight is 213 g/mol. The van der Waals surface area contributed by atoms with Gasteiger partial charge in [0.2, 0.25) is 0 Å². The van der Waals surface area contributed by atoms with Gasteiger partial charge < -0.3 is 10.4 Å². The Balaban J connectivity index is 2.23. The molecule has 2 nitrogen and oxygen atoms in total. The summed E-state index contributed by atoms with van der Waals surface area (Å²) in [7, 11) is 0. The van der Waals surface area contributed by atoms with Crippen LogP contribution < -0.4 is 5.32 Å². The maximum Gasteiger partial charge on any atom is 0.0603 e. The molecule has 0 aromatic heterocycles. The summed E-state index contributed by atoms with van der Waals surface area (Å²) in [6.07, 6.45) is 4.83. The van der Waals surface area contributed by atoms with Crippen LogP contribution in [0.2, 0.25) is 0 Å². The Bertz CT molecular complexity index is 185. The molecule has 1 aliphatic rings. The van der Waals surface area contributed by atoms with E-state index in [2.05, 4.69) is 19.2 Å². The number of hydrogen-bond donors (Lipinski definition) is 2. The van der Waals surface area contributed by atoms with Gasteiger partial charge in [0, 0.05) is 6.04 Å². The van der Waals surface area contributed by atoms with Crippen LogP contribution in [0.4, 0.5) is 0 Å². The van der Waals surface area contributed by atoms with Gasteiger partial charge in [0.05, 0.1) is 5.60 Å². The molecule has 1 rings (SSSR count). The lowest BCUT2D eigenvalue weighted by Crippen LogP contribution is -2.36. The largest absolute Gasteiger partial charge is 0.390 e. The van der Waals surface area contributed by atoms with E-state index in [4.69, 9.17) is 0 Å². The molecule has 0 bridgehead atoms. The summed E-state index contributed by atoms with van der Waals surface area (Å²) in [5.74, 6) is 1.71. The predicted octanol–water partition coefficient (Wildman–Crippen LogP) is 2.56. The summed E-state index contributed by atoms with van der Waals surface area (Å²) < 4.78 is 0. The topological polar surface area (TPSA) is 32.3 Å². The molecule has 0 spiro atoms. The minimum absolute atomic E-state index is 0.529. The summed E-state index contributed by atoms with van der Waals surface area (Å²) in [5, 5.41) is 13.2. The van der Waals surface area contributed by atoms with Crippen molar-refractivity contribution in [3.05, 3.63) is 0 Å². The van der Waals surface area contributed by atoms with E-state index in [0.717, 1.165) is 24.8 Å². The Morgan fingerprint density at radius 2 is 2.00 bits per heavy atom. The fraction of sp³-hybridized carbons (Fsp3) is 1.00. The number of hydrogen-bond acceptors (Lipinski definition) is 2. The van der Waals surface area contributed by atoms with Crippen molar-refractivity contribution in [2.75, 3.05) is 6.54 Å². The second-order valence-electron chi connectivity index (χ2n) is 5.73. The lowest BCUT2D eigenvalue weighted by molar-refractivity contribution is 0.0698. The van der Waals surface area contributed by atoms with Crippen LogP contribution in [0.1, 0.15) is 53.4 Å². The van der Waals surface area contributed by atoms with E-state index in [0.29, 0.717) is 6.04 Å². The number of rotatable bonds is 5. The molecule has 0 aliphatic heterocycles. The van der Waals surface area contributed by atoms with Gasteiger partial charge in [0.15, 0.2) is 0 Å². The van der Waals surface area contributed by atoms with Crippen molar-refractivity contribution < 1.29 is 5.11 Å². The smallest absolute Gasteiger partial charge is 0.0603 e. The predicted molar refractivity (Wildman–Crippen MR) is 64.9 cm³/mol. The van der Waals surface area contributed by atoms with Gasteiger partial charge in [-0.1, -0.05) is 20.3 Å². The summed E-state index contributed by atoms with van der Waals surface area (Å²) in [4.78, 5) is 0.